The Balaban J connectivity index is 1.49. The molecule has 0 atom stereocenters. The van der Waals surface area contributed by atoms with Crippen LogP contribution in [0.15, 0.2) is 95.5 Å². The zero-order valence-electron chi connectivity index (χ0n) is 25.5. The molecule has 0 aromatic heterocycles. The molecule has 0 fully saturated rings. The first-order valence-corrected chi connectivity index (χ1v) is 15.2. The monoisotopic (exact) mass is 675 g/mol. The molecule has 0 unspecified atom stereocenters. The van der Waals surface area contributed by atoms with Gasteiger partial charge in [0.05, 0.1) is 43.4 Å². The van der Waals surface area contributed by atoms with Crippen LogP contribution in [-0.2, 0) is 9.59 Å². The predicted molar refractivity (Wildman–Crippen MR) is 181 cm³/mol. The lowest BCUT2D eigenvalue weighted by Crippen LogP contribution is -2.30. The van der Waals surface area contributed by atoms with Gasteiger partial charge in [-0.25, -0.2) is 4.79 Å². The number of thioether (sulfide) groups is 1. The number of halogens is 1. The van der Waals surface area contributed by atoms with E-state index in [0.717, 1.165) is 4.90 Å². The Kier molecular flexibility index (Phi) is 11.9. The fourth-order valence-electron chi connectivity index (χ4n) is 4.19. The van der Waals surface area contributed by atoms with Crippen molar-refractivity contribution in [1.82, 2.24) is 5.32 Å². The normalized spacial score (nSPS) is 10.9. The van der Waals surface area contributed by atoms with Gasteiger partial charge in [-0.1, -0.05) is 29.8 Å². The van der Waals surface area contributed by atoms with Crippen molar-refractivity contribution in [3.63, 3.8) is 0 Å². The Labute approximate surface area is 279 Å². The average molecular weight is 676 g/mol. The van der Waals surface area contributed by atoms with Crippen LogP contribution < -0.4 is 30.2 Å². The lowest BCUT2D eigenvalue weighted by molar-refractivity contribution is -0.114. The molecule has 4 rings (SSSR count). The van der Waals surface area contributed by atoms with Crippen molar-refractivity contribution in [3.05, 3.63) is 112 Å². The molecular formula is C34H30ClN3O8S. The lowest BCUT2D eigenvalue weighted by Gasteiger charge is -2.15. The van der Waals surface area contributed by atoms with Gasteiger partial charge in [0.15, 0.2) is 11.5 Å². The summed E-state index contributed by atoms with van der Waals surface area (Å²) in [6, 6.07) is 22.5. The quantitative estimate of drug-likeness (QED) is 0.0958. The first kappa shape index (κ1) is 34.4. The maximum Gasteiger partial charge on any atom is 0.335 e. The summed E-state index contributed by atoms with van der Waals surface area (Å²) in [6.07, 6.45) is 1.47. The minimum Gasteiger partial charge on any atom is -0.496 e. The van der Waals surface area contributed by atoms with E-state index in [9.17, 15) is 24.3 Å². The molecule has 0 spiro atoms. The SMILES string of the molecule is COc1cc(OC)c(OC)cc1/C=C(\NC(=O)c1ccccc1)C(=O)Nc1ccc(SCC(=O)Nc2cc(C(=O)O)ccc2Cl)cc1. The van der Waals surface area contributed by atoms with Crippen LogP contribution in [0.5, 0.6) is 17.2 Å². The maximum absolute atomic E-state index is 13.5. The number of methoxy groups -OCH3 is 3. The molecule has 0 heterocycles. The number of nitrogens with one attached hydrogen (secondary N) is 3. The molecule has 4 aromatic rings. The van der Waals surface area contributed by atoms with Crippen molar-refractivity contribution in [2.75, 3.05) is 37.7 Å². The van der Waals surface area contributed by atoms with Crippen LogP contribution in [0.3, 0.4) is 0 Å². The first-order valence-electron chi connectivity index (χ1n) is 13.9. The van der Waals surface area contributed by atoms with E-state index < -0.39 is 17.8 Å². The number of hydrogen-bond acceptors (Lipinski definition) is 8. The van der Waals surface area contributed by atoms with Crippen LogP contribution in [0.2, 0.25) is 5.02 Å². The van der Waals surface area contributed by atoms with Gasteiger partial charge in [-0.2, -0.15) is 0 Å². The maximum atomic E-state index is 13.5. The van der Waals surface area contributed by atoms with Gasteiger partial charge < -0.3 is 35.3 Å². The fourth-order valence-corrected chi connectivity index (χ4v) is 5.05. The van der Waals surface area contributed by atoms with Gasteiger partial charge in [-0.15, -0.1) is 11.8 Å². The highest BCUT2D eigenvalue weighted by atomic mass is 35.5. The molecule has 0 aliphatic heterocycles. The third kappa shape index (κ3) is 9.28. The number of carboxylic acids is 1. The molecule has 0 aliphatic carbocycles. The van der Waals surface area contributed by atoms with Crippen LogP contribution in [0.25, 0.3) is 6.08 Å². The topological polar surface area (TPSA) is 152 Å². The number of anilines is 2. The molecule has 11 nitrogen and oxygen atoms in total. The highest BCUT2D eigenvalue weighted by molar-refractivity contribution is 8.00. The Morgan fingerprint density at radius 3 is 2.09 bits per heavy atom. The van der Waals surface area contributed by atoms with Crippen molar-refractivity contribution in [2.45, 2.75) is 4.90 Å². The van der Waals surface area contributed by atoms with Crippen LogP contribution in [-0.4, -0.2) is 55.9 Å². The average Bonchev–Trinajstić information content (AvgIpc) is 3.08. The smallest absolute Gasteiger partial charge is 0.335 e. The summed E-state index contributed by atoms with van der Waals surface area (Å²) < 4.78 is 16.3. The highest BCUT2D eigenvalue weighted by Crippen LogP contribution is 2.35. The number of benzene rings is 4. The Morgan fingerprint density at radius 2 is 1.45 bits per heavy atom. The second-order valence-corrected chi connectivity index (χ2v) is 11.1. The minimum absolute atomic E-state index is 0.00418. The molecule has 47 heavy (non-hydrogen) atoms. The zero-order valence-corrected chi connectivity index (χ0v) is 27.0. The van der Waals surface area contributed by atoms with Crippen molar-refractivity contribution in [2.24, 2.45) is 0 Å². The molecule has 3 amide bonds. The zero-order chi connectivity index (χ0) is 33.9. The van der Waals surface area contributed by atoms with E-state index in [-0.39, 0.29) is 33.6 Å². The fraction of sp³-hybridized carbons (Fsp3) is 0.118. The summed E-state index contributed by atoms with van der Waals surface area (Å²) in [4.78, 5) is 51.1. The molecule has 0 saturated carbocycles. The van der Waals surface area contributed by atoms with Gasteiger partial charge in [-0.3, -0.25) is 14.4 Å². The van der Waals surface area contributed by atoms with E-state index in [0.29, 0.717) is 34.1 Å². The first-order chi connectivity index (χ1) is 22.6. The summed E-state index contributed by atoms with van der Waals surface area (Å²) in [7, 11) is 4.44. The molecular weight excluding hydrogens is 646 g/mol. The second kappa shape index (κ2) is 16.2. The highest BCUT2D eigenvalue weighted by Gasteiger charge is 2.18. The largest absolute Gasteiger partial charge is 0.496 e. The van der Waals surface area contributed by atoms with Crippen molar-refractivity contribution in [1.29, 1.82) is 0 Å². The number of aromatic carboxylic acids is 1. The second-order valence-electron chi connectivity index (χ2n) is 9.64. The Morgan fingerprint density at radius 1 is 0.787 bits per heavy atom. The van der Waals surface area contributed by atoms with E-state index >= 15 is 0 Å². The third-order valence-corrected chi connectivity index (χ3v) is 7.88. The number of hydrogen-bond donors (Lipinski definition) is 4. The van der Waals surface area contributed by atoms with E-state index in [1.54, 1.807) is 66.7 Å². The number of carboxylic acid groups (broad SMARTS) is 1. The summed E-state index contributed by atoms with van der Waals surface area (Å²) in [5.41, 5.74) is 1.36. The summed E-state index contributed by atoms with van der Waals surface area (Å²) in [5, 5.41) is 17.5. The number of rotatable bonds is 13. The molecule has 0 radical (unpaired) electrons. The summed E-state index contributed by atoms with van der Waals surface area (Å²) >= 11 is 7.32. The van der Waals surface area contributed by atoms with Crippen molar-refractivity contribution in [3.8, 4) is 17.2 Å². The van der Waals surface area contributed by atoms with Crippen LogP contribution in [0.1, 0.15) is 26.3 Å². The van der Waals surface area contributed by atoms with E-state index in [1.165, 1.54) is 57.4 Å². The predicted octanol–water partition coefficient (Wildman–Crippen LogP) is 6.20. The summed E-state index contributed by atoms with van der Waals surface area (Å²) in [5.74, 6) is -1.40. The molecule has 0 aliphatic rings. The van der Waals surface area contributed by atoms with Gasteiger partial charge in [0, 0.05) is 27.8 Å². The number of ether oxygens (including phenoxy) is 3. The van der Waals surface area contributed by atoms with E-state index in [4.69, 9.17) is 25.8 Å². The van der Waals surface area contributed by atoms with E-state index in [1.807, 2.05) is 0 Å². The number of amides is 3. The lowest BCUT2D eigenvalue weighted by atomic mass is 10.1. The standard InChI is InChI=1S/C34H30ClN3O8S/c1-44-28-18-30(46-3)29(45-2)17-22(28)16-27(38-32(40)20-7-5-4-6-8-20)33(41)36-23-10-12-24(13-11-23)47-19-31(39)37-26-15-21(34(42)43)9-14-25(26)35/h4-18H,19H2,1-3H3,(H,36,41)(H,37,39)(H,38,40)(H,42,43)/b27-16-. The number of carbonyl (C=O) groups is 4. The minimum atomic E-state index is -1.14. The Bertz CT molecular complexity index is 1810. The van der Waals surface area contributed by atoms with Gasteiger partial charge in [0.2, 0.25) is 5.91 Å². The number of carbonyl (C=O) groups excluding carboxylic acids is 3. The molecule has 4 N–H and O–H groups in total. The van der Waals surface area contributed by atoms with Crippen molar-refractivity contribution >= 4 is 64.5 Å². The molecule has 13 heteroatoms. The van der Waals surface area contributed by atoms with E-state index in [2.05, 4.69) is 16.0 Å². The van der Waals surface area contributed by atoms with Gasteiger partial charge in [0.25, 0.3) is 11.8 Å². The van der Waals surface area contributed by atoms with Crippen LogP contribution in [0.4, 0.5) is 11.4 Å². The Hall–Kier alpha value is -5.46. The van der Waals surface area contributed by atoms with Gasteiger partial charge in [0.1, 0.15) is 11.4 Å². The summed E-state index contributed by atoms with van der Waals surface area (Å²) in [6.45, 7) is 0. The van der Waals surface area contributed by atoms with Gasteiger partial charge in [-0.05, 0) is 66.7 Å². The van der Waals surface area contributed by atoms with Crippen LogP contribution >= 0.6 is 23.4 Å². The molecule has 4 aromatic carbocycles. The third-order valence-electron chi connectivity index (χ3n) is 6.53. The molecule has 242 valence electrons. The molecule has 0 saturated heterocycles. The van der Waals surface area contributed by atoms with Crippen LogP contribution in [0, 0.1) is 0 Å². The van der Waals surface area contributed by atoms with Crippen molar-refractivity contribution < 1.29 is 38.5 Å². The molecule has 0 bridgehead atoms. The van der Waals surface area contributed by atoms with Gasteiger partial charge >= 0.3 is 5.97 Å².